The van der Waals surface area contributed by atoms with E-state index in [0.717, 1.165) is 27.8 Å². The summed E-state index contributed by atoms with van der Waals surface area (Å²) in [5.41, 5.74) is 5.22. The molecule has 1 aliphatic rings. The highest BCUT2D eigenvalue weighted by Gasteiger charge is 2.22. The maximum Gasteiger partial charge on any atom is 0.254 e. The molecule has 0 spiro atoms. The summed E-state index contributed by atoms with van der Waals surface area (Å²) in [5, 5.41) is 12.1. The van der Waals surface area contributed by atoms with Crippen molar-refractivity contribution < 1.29 is 14.7 Å². The highest BCUT2D eigenvalue weighted by molar-refractivity contribution is 6.16. The topological polar surface area (TPSA) is 66.4 Å². The molecule has 0 atom stereocenters. The van der Waals surface area contributed by atoms with Crippen LogP contribution in [0, 0.1) is 0 Å². The van der Waals surface area contributed by atoms with Gasteiger partial charge in [-0.15, -0.1) is 0 Å². The molecule has 1 heterocycles. The molecule has 4 rings (SSSR count). The van der Waals surface area contributed by atoms with Crippen LogP contribution < -0.4 is 5.32 Å². The summed E-state index contributed by atoms with van der Waals surface area (Å²) in [5.74, 6) is -0.557. The molecule has 2 amide bonds. The fourth-order valence-electron chi connectivity index (χ4n) is 3.29. The lowest BCUT2D eigenvalue weighted by molar-refractivity contribution is -0.123. The third-order valence-corrected chi connectivity index (χ3v) is 4.58. The fourth-order valence-corrected chi connectivity index (χ4v) is 3.29. The second kappa shape index (κ2) is 6.92. The lowest BCUT2D eigenvalue weighted by Gasteiger charge is -2.13. The van der Waals surface area contributed by atoms with Gasteiger partial charge in [0.2, 0.25) is 0 Å². The van der Waals surface area contributed by atoms with E-state index in [1.807, 2.05) is 54.6 Å². The number of hydrogen-bond donors (Lipinski definition) is 2. The van der Waals surface area contributed by atoms with E-state index in [2.05, 4.69) is 5.32 Å². The van der Waals surface area contributed by atoms with E-state index < -0.39 is 0 Å². The van der Waals surface area contributed by atoms with E-state index in [9.17, 15) is 14.7 Å². The summed E-state index contributed by atoms with van der Waals surface area (Å²) in [7, 11) is 0. The van der Waals surface area contributed by atoms with Gasteiger partial charge in [0.05, 0.1) is 0 Å². The molecule has 0 radical (unpaired) electrons. The minimum absolute atomic E-state index is 0.179. The van der Waals surface area contributed by atoms with E-state index >= 15 is 0 Å². The van der Waals surface area contributed by atoms with Gasteiger partial charge in [0.1, 0.15) is 5.75 Å². The van der Waals surface area contributed by atoms with Crippen molar-refractivity contribution in [3.8, 4) is 28.0 Å². The maximum atomic E-state index is 12.0. The van der Waals surface area contributed by atoms with Gasteiger partial charge in [0.25, 0.3) is 11.8 Å². The van der Waals surface area contributed by atoms with Crippen molar-refractivity contribution in [2.45, 2.75) is 6.42 Å². The summed E-state index contributed by atoms with van der Waals surface area (Å²) >= 11 is 0. The van der Waals surface area contributed by atoms with Crippen LogP contribution in [0.1, 0.15) is 5.56 Å². The zero-order valence-electron chi connectivity index (χ0n) is 14.5. The van der Waals surface area contributed by atoms with Crippen LogP contribution in [0.4, 0.5) is 0 Å². The molecule has 0 unspecified atom stereocenters. The maximum absolute atomic E-state index is 12.0. The number of carbonyl (C=O) groups excluding carboxylic acids is 2. The Bertz CT molecular complexity index is 1070. The number of imide groups is 1. The molecule has 4 heteroatoms. The standard InChI is InChI=1S/C23H17NO3/c25-20-8-4-7-17(13-20)21-10-9-16(15-5-2-1-3-6-15)11-18(21)12-19-14-22(26)24-23(19)27/h1-11,13-14,25H,12H2,(H,24,26,27). The molecule has 0 bridgehead atoms. The van der Waals surface area contributed by atoms with Crippen molar-refractivity contribution >= 4 is 11.8 Å². The highest BCUT2D eigenvalue weighted by atomic mass is 16.3. The van der Waals surface area contributed by atoms with E-state index in [-0.39, 0.29) is 17.6 Å². The van der Waals surface area contributed by atoms with Crippen LogP contribution in [0.5, 0.6) is 5.75 Å². The molecule has 0 saturated carbocycles. The molecule has 2 N–H and O–H groups in total. The summed E-state index contributed by atoms with van der Waals surface area (Å²) < 4.78 is 0. The van der Waals surface area contributed by atoms with Gasteiger partial charge < -0.3 is 5.11 Å². The Labute approximate surface area is 156 Å². The molecular formula is C23H17NO3. The molecule has 0 fully saturated rings. The zero-order valence-corrected chi connectivity index (χ0v) is 14.5. The van der Waals surface area contributed by atoms with Crippen molar-refractivity contribution in [1.82, 2.24) is 5.32 Å². The molecule has 3 aromatic carbocycles. The number of carbonyl (C=O) groups is 2. The Kier molecular flexibility index (Phi) is 4.30. The first-order valence-electron chi connectivity index (χ1n) is 8.64. The average molecular weight is 355 g/mol. The van der Waals surface area contributed by atoms with Crippen molar-refractivity contribution in [3.05, 3.63) is 90.0 Å². The minimum atomic E-state index is -0.381. The normalized spacial score (nSPS) is 13.4. The van der Waals surface area contributed by atoms with Gasteiger partial charge >= 0.3 is 0 Å². The first-order valence-corrected chi connectivity index (χ1v) is 8.64. The van der Waals surface area contributed by atoms with Gasteiger partial charge in [-0.1, -0.05) is 60.7 Å². The van der Waals surface area contributed by atoms with Crippen LogP contribution in [-0.4, -0.2) is 16.9 Å². The summed E-state index contributed by atoms with van der Waals surface area (Å²) in [6.45, 7) is 0. The highest BCUT2D eigenvalue weighted by Crippen LogP contribution is 2.32. The Balaban J connectivity index is 1.82. The van der Waals surface area contributed by atoms with Crippen LogP contribution in [0.25, 0.3) is 22.3 Å². The predicted octanol–water partition coefficient (Wildman–Crippen LogP) is 3.85. The number of amides is 2. The molecule has 4 nitrogen and oxygen atoms in total. The lowest BCUT2D eigenvalue weighted by Crippen LogP contribution is -2.22. The predicted molar refractivity (Wildman–Crippen MR) is 104 cm³/mol. The second-order valence-corrected chi connectivity index (χ2v) is 6.45. The Morgan fingerprint density at radius 1 is 0.778 bits per heavy atom. The monoisotopic (exact) mass is 355 g/mol. The number of benzene rings is 3. The third kappa shape index (κ3) is 3.51. The molecule has 0 saturated heterocycles. The van der Waals surface area contributed by atoms with Gasteiger partial charge in [0, 0.05) is 18.1 Å². The van der Waals surface area contributed by atoms with Crippen molar-refractivity contribution in [3.63, 3.8) is 0 Å². The molecule has 132 valence electrons. The summed E-state index contributed by atoms with van der Waals surface area (Å²) in [6, 6.07) is 23.0. The van der Waals surface area contributed by atoms with E-state index in [4.69, 9.17) is 0 Å². The van der Waals surface area contributed by atoms with Crippen LogP contribution in [0.3, 0.4) is 0 Å². The minimum Gasteiger partial charge on any atom is -0.508 e. The van der Waals surface area contributed by atoms with Crippen LogP contribution in [0.2, 0.25) is 0 Å². The molecule has 0 aromatic heterocycles. The average Bonchev–Trinajstić information content (AvgIpc) is 2.99. The van der Waals surface area contributed by atoms with Crippen molar-refractivity contribution in [2.24, 2.45) is 0 Å². The number of phenolic OH excluding ortho intramolecular Hbond substituents is 1. The van der Waals surface area contributed by atoms with E-state index in [0.29, 0.717) is 12.0 Å². The van der Waals surface area contributed by atoms with Gasteiger partial charge in [-0.05, 0) is 39.9 Å². The number of nitrogens with one attached hydrogen (secondary N) is 1. The largest absolute Gasteiger partial charge is 0.508 e. The molecule has 3 aromatic rings. The molecular weight excluding hydrogens is 338 g/mol. The first kappa shape index (κ1) is 16.8. The Hall–Kier alpha value is -3.66. The smallest absolute Gasteiger partial charge is 0.254 e. The Morgan fingerprint density at radius 2 is 1.56 bits per heavy atom. The molecule has 0 aliphatic carbocycles. The van der Waals surface area contributed by atoms with Gasteiger partial charge in [-0.25, -0.2) is 0 Å². The zero-order chi connectivity index (χ0) is 18.8. The molecule has 27 heavy (non-hydrogen) atoms. The fraction of sp³-hybridized carbons (Fsp3) is 0.0435. The van der Waals surface area contributed by atoms with Gasteiger partial charge in [0.15, 0.2) is 0 Å². The number of rotatable bonds is 4. The van der Waals surface area contributed by atoms with E-state index in [1.54, 1.807) is 18.2 Å². The van der Waals surface area contributed by atoms with Crippen LogP contribution in [0.15, 0.2) is 84.4 Å². The van der Waals surface area contributed by atoms with Gasteiger partial charge in [-0.2, -0.15) is 0 Å². The summed E-state index contributed by atoms with van der Waals surface area (Å²) in [4.78, 5) is 23.5. The number of hydrogen-bond acceptors (Lipinski definition) is 3. The van der Waals surface area contributed by atoms with Crippen LogP contribution >= 0.6 is 0 Å². The summed E-state index contributed by atoms with van der Waals surface area (Å²) in [6.07, 6.45) is 1.69. The van der Waals surface area contributed by atoms with Gasteiger partial charge in [-0.3, -0.25) is 14.9 Å². The van der Waals surface area contributed by atoms with Crippen LogP contribution in [-0.2, 0) is 16.0 Å². The quantitative estimate of drug-likeness (QED) is 0.699. The van der Waals surface area contributed by atoms with Crippen molar-refractivity contribution in [2.75, 3.05) is 0 Å². The number of aromatic hydroxyl groups is 1. The second-order valence-electron chi connectivity index (χ2n) is 6.45. The SMILES string of the molecule is O=C1C=C(Cc2cc(-c3ccccc3)ccc2-c2cccc(O)c2)C(=O)N1. The Morgan fingerprint density at radius 3 is 2.26 bits per heavy atom. The first-order chi connectivity index (χ1) is 13.1. The third-order valence-electron chi connectivity index (χ3n) is 4.58. The van der Waals surface area contributed by atoms with Crippen molar-refractivity contribution in [1.29, 1.82) is 0 Å². The van der Waals surface area contributed by atoms with E-state index in [1.165, 1.54) is 6.08 Å². The lowest BCUT2D eigenvalue weighted by atomic mass is 9.91. The number of phenols is 1. The molecule has 1 aliphatic heterocycles.